The molecule has 0 radical (unpaired) electrons. The number of methoxy groups -OCH3 is 1. The number of carbonyl (C=O) groups is 2. The van der Waals surface area contributed by atoms with Crippen LogP contribution in [0.1, 0.15) is 10.4 Å². The van der Waals surface area contributed by atoms with Crippen LogP contribution in [0.5, 0.6) is 5.75 Å². The van der Waals surface area contributed by atoms with Gasteiger partial charge < -0.3 is 15.4 Å². The molecule has 0 heterocycles. The van der Waals surface area contributed by atoms with Crippen molar-refractivity contribution < 1.29 is 27.1 Å². The Morgan fingerprint density at radius 2 is 1.82 bits per heavy atom. The van der Waals surface area contributed by atoms with Gasteiger partial charge in [0.2, 0.25) is 15.9 Å². The lowest BCUT2D eigenvalue weighted by atomic mass is 10.2. The Bertz CT molecular complexity index is 992. The van der Waals surface area contributed by atoms with Crippen molar-refractivity contribution in [3.63, 3.8) is 0 Å². The number of nitrogens with zero attached hydrogens (tertiary/aromatic N) is 1. The molecule has 2 aromatic rings. The molecule has 2 amide bonds. The summed E-state index contributed by atoms with van der Waals surface area (Å²) in [7, 11) is 0.282. The molecule has 0 saturated heterocycles. The zero-order valence-corrected chi connectivity index (χ0v) is 16.3. The van der Waals surface area contributed by atoms with Crippen molar-refractivity contribution in [1.82, 2.24) is 9.62 Å². The van der Waals surface area contributed by atoms with Gasteiger partial charge in [-0.3, -0.25) is 9.59 Å². The van der Waals surface area contributed by atoms with Gasteiger partial charge in [-0.1, -0.05) is 12.1 Å². The van der Waals surface area contributed by atoms with Crippen LogP contribution >= 0.6 is 0 Å². The molecule has 0 spiro atoms. The number of ether oxygens (including phenoxy) is 1. The molecule has 2 aromatic carbocycles. The fourth-order valence-electron chi connectivity index (χ4n) is 2.26. The molecule has 0 unspecified atom stereocenters. The number of hydrogen-bond donors (Lipinski definition) is 2. The monoisotopic (exact) mass is 409 g/mol. The number of carbonyl (C=O) groups excluding carboxylic acids is 2. The molecule has 10 heteroatoms. The maximum atomic E-state index is 13.6. The highest BCUT2D eigenvalue weighted by molar-refractivity contribution is 7.89. The SMILES string of the molecule is COc1ccc(NC(=O)CNC(=O)c2ccccc2F)cc1S(=O)(=O)N(C)C. The van der Waals surface area contributed by atoms with E-state index in [-0.39, 0.29) is 21.9 Å². The summed E-state index contributed by atoms with van der Waals surface area (Å²) in [6.45, 7) is -0.422. The number of anilines is 1. The molecule has 8 nitrogen and oxygen atoms in total. The minimum Gasteiger partial charge on any atom is -0.495 e. The van der Waals surface area contributed by atoms with E-state index in [1.54, 1.807) is 0 Å². The second kappa shape index (κ2) is 8.81. The normalized spacial score (nSPS) is 11.2. The van der Waals surface area contributed by atoms with Crippen LogP contribution in [0.25, 0.3) is 0 Å². The first kappa shape index (κ1) is 21.3. The molecule has 0 aliphatic heterocycles. The average Bonchev–Trinajstić information content (AvgIpc) is 2.66. The van der Waals surface area contributed by atoms with E-state index in [4.69, 9.17) is 4.74 Å². The maximum absolute atomic E-state index is 13.6. The standard InChI is InChI=1S/C18H20FN3O5S/c1-22(2)28(25,26)16-10-12(8-9-15(16)27-3)21-17(23)11-20-18(24)13-6-4-5-7-14(13)19/h4-10H,11H2,1-3H3,(H,20,24)(H,21,23). The van der Waals surface area contributed by atoms with E-state index >= 15 is 0 Å². The van der Waals surface area contributed by atoms with E-state index in [0.29, 0.717) is 0 Å². The van der Waals surface area contributed by atoms with Gasteiger partial charge in [0, 0.05) is 19.8 Å². The zero-order chi connectivity index (χ0) is 20.9. The summed E-state index contributed by atoms with van der Waals surface area (Å²) in [5.74, 6) is -1.92. The fourth-order valence-corrected chi connectivity index (χ4v) is 3.33. The van der Waals surface area contributed by atoms with Gasteiger partial charge >= 0.3 is 0 Å². The Morgan fingerprint density at radius 1 is 1.14 bits per heavy atom. The molecule has 0 atom stereocenters. The van der Waals surface area contributed by atoms with Crippen LogP contribution in [0, 0.1) is 5.82 Å². The number of hydrogen-bond acceptors (Lipinski definition) is 5. The van der Waals surface area contributed by atoms with Crippen LogP contribution in [-0.4, -0.2) is 52.3 Å². The number of amides is 2. The predicted molar refractivity (Wildman–Crippen MR) is 101 cm³/mol. The second-order valence-electron chi connectivity index (χ2n) is 5.86. The number of sulfonamides is 1. The van der Waals surface area contributed by atoms with Crippen molar-refractivity contribution in [3.05, 3.63) is 53.8 Å². The number of benzene rings is 2. The lowest BCUT2D eigenvalue weighted by molar-refractivity contribution is -0.115. The van der Waals surface area contributed by atoms with Crippen LogP contribution in [0.4, 0.5) is 10.1 Å². The first-order valence-corrected chi connectivity index (χ1v) is 9.54. The molecule has 0 fully saturated rings. The Balaban J connectivity index is 2.10. The summed E-state index contributed by atoms with van der Waals surface area (Å²) in [4.78, 5) is 23.9. The van der Waals surface area contributed by atoms with Gasteiger partial charge in [0.25, 0.3) is 5.91 Å². The highest BCUT2D eigenvalue weighted by Crippen LogP contribution is 2.28. The topological polar surface area (TPSA) is 105 Å². The van der Waals surface area contributed by atoms with E-state index < -0.39 is 34.2 Å². The number of halogens is 1. The van der Waals surface area contributed by atoms with Gasteiger partial charge in [-0.2, -0.15) is 0 Å². The van der Waals surface area contributed by atoms with E-state index in [2.05, 4.69) is 10.6 Å². The van der Waals surface area contributed by atoms with Gasteiger partial charge in [-0.05, 0) is 30.3 Å². The van der Waals surface area contributed by atoms with Crippen molar-refractivity contribution in [3.8, 4) is 5.75 Å². The number of nitrogens with one attached hydrogen (secondary N) is 2. The quantitative estimate of drug-likeness (QED) is 0.720. The van der Waals surface area contributed by atoms with Crippen LogP contribution < -0.4 is 15.4 Å². The van der Waals surface area contributed by atoms with Crippen molar-refractivity contribution in [2.24, 2.45) is 0 Å². The van der Waals surface area contributed by atoms with Crippen LogP contribution in [0.15, 0.2) is 47.4 Å². The molecular formula is C18H20FN3O5S. The van der Waals surface area contributed by atoms with E-state index in [1.807, 2.05) is 0 Å². The summed E-state index contributed by atoms with van der Waals surface area (Å²) >= 11 is 0. The summed E-state index contributed by atoms with van der Waals surface area (Å²) in [6.07, 6.45) is 0. The van der Waals surface area contributed by atoms with Gasteiger partial charge in [-0.25, -0.2) is 17.1 Å². The van der Waals surface area contributed by atoms with Gasteiger partial charge in [0.15, 0.2) is 0 Å². The molecule has 28 heavy (non-hydrogen) atoms. The lowest BCUT2D eigenvalue weighted by Gasteiger charge is -2.16. The van der Waals surface area contributed by atoms with Crippen molar-refractivity contribution in [2.45, 2.75) is 4.90 Å². The molecular weight excluding hydrogens is 389 g/mol. The van der Waals surface area contributed by atoms with Gasteiger partial charge in [-0.15, -0.1) is 0 Å². The third-order valence-electron chi connectivity index (χ3n) is 3.73. The van der Waals surface area contributed by atoms with E-state index in [9.17, 15) is 22.4 Å². The fraction of sp³-hybridized carbons (Fsp3) is 0.222. The Kier molecular flexibility index (Phi) is 6.71. The molecule has 2 rings (SSSR count). The summed E-state index contributed by atoms with van der Waals surface area (Å²) < 4.78 is 44.4. The first-order valence-electron chi connectivity index (χ1n) is 8.10. The van der Waals surface area contributed by atoms with Gasteiger partial charge in [0.1, 0.15) is 16.5 Å². The Hall–Kier alpha value is -2.98. The summed E-state index contributed by atoms with van der Waals surface area (Å²) in [5, 5.41) is 4.78. The highest BCUT2D eigenvalue weighted by Gasteiger charge is 2.23. The van der Waals surface area contributed by atoms with Gasteiger partial charge in [0.05, 0.1) is 19.2 Å². The third-order valence-corrected chi connectivity index (χ3v) is 5.57. The van der Waals surface area contributed by atoms with Crippen molar-refractivity contribution in [1.29, 1.82) is 0 Å². The van der Waals surface area contributed by atoms with E-state index in [1.165, 1.54) is 57.6 Å². The summed E-state index contributed by atoms with van der Waals surface area (Å²) in [5.41, 5.74) is 0.0190. The van der Waals surface area contributed by atoms with Crippen LogP contribution in [-0.2, 0) is 14.8 Å². The van der Waals surface area contributed by atoms with Crippen LogP contribution in [0.2, 0.25) is 0 Å². The minimum absolute atomic E-state index is 0.117. The maximum Gasteiger partial charge on any atom is 0.254 e. The Labute approximate surface area is 162 Å². The molecule has 0 aromatic heterocycles. The minimum atomic E-state index is -3.80. The summed E-state index contributed by atoms with van der Waals surface area (Å²) in [6, 6.07) is 9.51. The molecule has 2 N–H and O–H groups in total. The molecule has 0 aliphatic rings. The van der Waals surface area contributed by atoms with Crippen molar-refractivity contribution in [2.75, 3.05) is 33.1 Å². The zero-order valence-electron chi connectivity index (χ0n) is 15.5. The average molecular weight is 409 g/mol. The smallest absolute Gasteiger partial charge is 0.254 e. The molecule has 0 bridgehead atoms. The van der Waals surface area contributed by atoms with Crippen LogP contribution in [0.3, 0.4) is 0 Å². The molecule has 150 valence electrons. The third kappa shape index (κ3) is 4.84. The molecule has 0 saturated carbocycles. The largest absolute Gasteiger partial charge is 0.495 e. The second-order valence-corrected chi connectivity index (χ2v) is 7.98. The van der Waals surface area contributed by atoms with E-state index in [0.717, 1.165) is 10.4 Å². The predicted octanol–water partition coefficient (Wildman–Crippen LogP) is 1.45. The highest BCUT2D eigenvalue weighted by atomic mass is 32.2. The number of rotatable bonds is 7. The lowest BCUT2D eigenvalue weighted by Crippen LogP contribution is -2.33. The van der Waals surface area contributed by atoms with Crippen molar-refractivity contribution >= 4 is 27.5 Å². The first-order chi connectivity index (χ1) is 13.2. The molecule has 0 aliphatic carbocycles. The Morgan fingerprint density at radius 3 is 2.43 bits per heavy atom.